The third kappa shape index (κ3) is 1.82. The molecular weight excluding hydrogens is 186 g/mol. The summed E-state index contributed by atoms with van der Waals surface area (Å²) in [5.41, 5.74) is 7.49. The van der Waals surface area contributed by atoms with Gasteiger partial charge in [0.2, 0.25) is 0 Å². The van der Waals surface area contributed by atoms with Gasteiger partial charge in [-0.15, -0.1) is 0 Å². The van der Waals surface area contributed by atoms with Crippen molar-refractivity contribution in [1.29, 1.82) is 5.41 Å². The second kappa shape index (κ2) is 3.93. The molecule has 0 spiro atoms. The van der Waals surface area contributed by atoms with Crippen LogP contribution in [0.1, 0.15) is 24.8 Å². The van der Waals surface area contributed by atoms with E-state index in [2.05, 4.69) is 11.9 Å². The number of nitrogens with zero attached hydrogens (tertiary/aromatic N) is 1. The highest BCUT2D eigenvalue weighted by Gasteiger charge is 2.23. The maximum absolute atomic E-state index is 7.54. The van der Waals surface area contributed by atoms with Crippen LogP contribution in [0.4, 0.5) is 5.69 Å². The van der Waals surface area contributed by atoms with Crippen molar-refractivity contribution >= 4 is 11.5 Å². The highest BCUT2D eigenvalue weighted by Crippen LogP contribution is 2.29. The van der Waals surface area contributed by atoms with Crippen LogP contribution in [0.3, 0.4) is 0 Å². The zero-order valence-corrected chi connectivity index (χ0v) is 9.03. The van der Waals surface area contributed by atoms with E-state index in [1.165, 1.54) is 19.3 Å². The van der Waals surface area contributed by atoms with E-state index in [-0.39, 0.29) is 5.84 Å². The zero-order chi connectivity index (χ0) is 10.8. The van der Waals surface area contributed by atoms with Gasteiger partial charge < -0.3 is 10.6 Å². The molecule has 0 aliphatic heterocycles. The number of nitrogens with two attached hydrogens (primary N) is 1. The third-order valence-electron chi connectivity index (χ3n) is 3.20. The molecule has 0 heterocycles. The summed E-state index contributed by atoms with van der Waals surface area (Å²) in [7, 11) is 2.09. The molecule has 0 saturated heterocycles. The smallest absolute Gasteiger partial charge is 0.124 e. The summed E-state index contributed by atoms with van der Waals surface area (Å²) in [5, 5.41) is 7.54. The topological polar surface area (TPSA) is 53.1 Å². The van der Waals surface area contributed by atoms with Gasteiger partial charge in [-0.3, -0.25) is 5.41 Å². The van der Waals surface area contributed by atoms with E-state index in [1.807, 2.05) is 24.3 Å². The maximum Gasteiger partial charge on any atom is 0.124 e. The number of rotatable bonds is 3. The van der Waals surface area contributed by atoms with E-state index >= 15 is 0 Å². The largest absolute Gasteiger partial charge is 0.384 e. The summed E-state index contributed by atoms with van der Waals surface area (Å²) < 4.78 is 0. The van der Waals surface area contributed by atoms with Gasteiger partial charge in [0.25, 0.3) is 0 Å². The van der Waals surface area contributed by atoms with Crippen LogP contribution < -0.4 is 10.6 Å². The molecule has 1 fully saturated rings. The van der Waals surface area contributed by atoms with Gasteiger partial charge in [-0.05, 0) is 31.4 Å². The second-order valence-corrected chi connectivity index (χ2v) is 4.13. The molecule has 0 amide bonds. The molecular formula is C12H17N3. The first-order chi connectivity index (χ1) is 7.20. The molecule has 1 aliphatic rings. The minimum atomic E-state index is 0.150. The molecule has 1 saturated carbocycles. The number of amidine groups is 1. The van der Waals surface area contributed by atoms with Crippen molar-refractivity contribution in [3.63, 3.8) is 0 Å². The fourth-order valence-corrected chi connectivity index (χ4v) is 1.98. The predicted molar refractivity (Wildman–Crippen MR) is 63.5 cm³/mol. The number of nitrogens with one attached hydrogen (secondary N) is 1. The van der Waals surface area contributed by atoms with Crippen LogP contribution in [0.25, 0.3) is 0 Å². The predicted octanol–water partition coefficient (Wildman–Crippen LogP) is 1.96. The fraction of sp³-hybridized carbons (Fsp3) is 0.417. The van der Waals surface area contributed by atoms with Crippen molar-refractivity contribution in [2.24, 2.45) is 5.73 Å². The Balaban J connectivity index is 2.29. The second-order valence-electron chi connectivity index (χ2n) is 4.13. The lowest BCUT2D eigenvalue weighted by molar-refractivity contribution is 0.401. The minimum absolute atomic E-state index is 0.150. The Morgan fingerprint density at radius 2 is 2.07 bits per heavy atom. The summed E-state index contributed by atoms with van der Waals surface area (Å²) in [6.07, 6.45) is 3.82. The molecule has 3 N–H and O–H groups in total. The first kappa shape index (κ1) is 10.0. The molecule has 0 aromatic heterocycles. The number of para-hydroxylation sites is 1. The van der Waals surface area contributed by atoms with E-state index < -0.39 is 0 Å². The summed E-state index contributed by atoms with van der Waals surface area (Å²) >= 11 is 0. The first-order valence-corrected chi connectivity index (χ1v) is 5.36. The quantitative estimate of drug-likeness (QED) is 0.583. The average Bonchev–Trinajstić information content (AvgIpc) is 2.15. The maximum atomic E-state index is 7.54. The van der Waals surface area contributed by atoms with E-state index in [1.54, 1.807) is 0 Å². The first-order valence-electron chi connectivity index (χ1n) is 5.36. The van der Waals surface area contributed by atoms with Gasteiger partial charge in [-0.1, -0.05) is 12.1 Å². The SMILES string of the molecule is CN(c1ccccc1C(=N)N)C1CCC1. The molecule has 3 nitrogen and oxygen atoms in total. The summed E-state index contributed by atoms with van der Waals surface area (Å²) in [6.45, 7) is 0. The Morgan fingerprint density at radius 3 is 2.60 bits per heavy atom. The zero-order valence-electron chi connectivity index (χ0n) is 9.03. The molecule has 2 rings (SSSR count). The number of anilines is 1. The molecule has 3 heteroatoms. The van der Waals surface area contributed by atoms with Crippen molar-refractivity contribution in [1.82, 2.24) is 0 Å². The molecule has 1 aromatic rings. The molecule has 0 bridgehead atoms. The Bertz CT molecular complexity index is 369. The van der Waals surface area contributed by atoms with Gasteiger partial charge in [0.05, 0.1) is 0 Å². The summed E-state index contributed by atoms with van der Waals surface area (Å²) in [6, 6.07) is 8.50. The lowest BCUT2D eigenvalue weighted by Gasteiger charge is -2.37. The Morgan fingerprint density at radius 1 is 1.40 bits per heavy atom. The van der Waals surface area contributed by atoms with Crippen LogP contribution in [-0.2, 0) is 0 Å². The number of benzene rings is 1. The molecule has 1 aliphatic carbocycles. The van der Waals surface area contributed by atoms with E-state index in [9.17, 15) is 0 Å². The standard InChI is InChI=1S/C12H17N3/c1-15(9-5-4-6-9)11-8-3-2-7-10(11)12(13)14/h2-3,7-9H,4-6H2,1H3,(H3,13,14). The van der Waals surface area contributed by atoms with Crippen LogP contribution >= 0.6 is 0 Å². The number of nitrogen functional groups attached to an aromatic ring is 1. The van der Waals surface area contributed by atoms with Crippen LogP contribution in [-0.4, -0.2) is 18.9 Å². The molecule has 0 atom stereocenters. The monoisotopic (exact) mass is 203 g/mol. The molecule has 0 radical (unpaired) electrons. The van der Waals surface area contributed by atoms with Crippen LogP contribution in [0.2, 0.25) is 0 Å². The van der Waals surface area contributed by atoms with Crippen molar-refractivity contribution in [3.8, 4) is 0 Å². The number of hydrogen-bond acceptors (Lipinski definition) is 2. The third-order valence-corrected chi connectivity index (χ3v) is 3.20. The van der Waals surface area contributed by atoms with Crippen LogP contribution in [0, 0.1) is 5.41 Å². The Hall–Kier alpha value is -1.51. The highest BCUT2D eigenvalue weighted by atomic mass is 15.1. The fourth-order valence-electron chi connectivity index (χ4n) is 1.98. The lowest BCUT2D eigenvalue weighted by Crippen LogP contribution is -2.38. The van der Waals surface area contributed by atoms with E-state index in [0.29, 0.717) is 6.04 Å². The van der Waals surface area contributed by atoms with Gasteiger partial charge in [0.15, 0.2) is 0 Å². The van der Waals surface area contributed by atoms with Gasteiger partial charge in [-0.2, -0.15) is 0 Å². The minimum Gasteiger partial charge on any atom is -0.384 e. The van der Waals surface area contributed by atoms with Gasteiger partial charge >= 0.3 is 0 Å². The van der Waals surface area contributed by atoms with Crippen molar-refractivity contribution < 1.29 is 0 Å². The molecule has 1 aromatic carbocycles. The Labute approximate surface area is 90.4 Å². The lowest BCUT2D eigenvalue weighted by atomic mass is 9.91. The molecule has 0 unspecified atom stereocenters. The normalized spacial score (nSPS) is 15.8. The number of hydrogen-bond donors (Lipinski definition) is 2. The Kier molecular flexibility index (Phi) is 2.62. The van der Waals surface area contributed by atoms with Crippen LogP contribution in [0.5, 0.6) is 0 Å². The van der Waals surface area contributed by atoms with Crippen molar-refractivity contribution in [2.45, 2.75) is 25.3 Å². The molecule has 15 heavy (non-hydrogen) atoms. The van der Waals surface area contributed by atoms with Crippen molar-refractivity contribution in [2.75, 3.05) is 11.9 Å². The van der Waals surface area contributed by atoms with E-state index in [0.717, 1.165) is 11.3 Å². The average molecular weight is 203 g/mol. The van der Waals surface area contributed by atoms with E-state index in [4.69, 9.17) is 11.1 Å². The summed E-state index contributed by atoms with van der Waals surface area (Å²) in [4.78, 5) is 2.25. The van der Waals surface area contributed by atoms with Crippen LogP contribution in [0.15, 0.2) is 24.3 Å². The van der Waals surface area contributed by atoms with Gasteiger partial charge in [0, 0.05) is 24.3 Å². The van der Waals surface area contributed by atoms with Crippen molar-refractivity contribution in [3.05, 3.63) is 29.8 Å². The van der Waals surface area contributed by atoms with Gasteiger partial charge in [0.1, 0.15) is 5.84 Å². The molecule has 80 valence electrons. The van der Waals surface area contributed by atoms with Gasteiger partial charge in [-0.25, -0.2) is 0 Å². The highest BCUT2D eigenvalue weighted by molar-refractivity contribution is 6.00. The summed E-state index contributed by atoms with van der Waals surface area (Å²) in [5.74, 6) is 0.150.